The first-order valence-corrected chi connectivity index (χ1v) is 10.9. The second-order valence-electron chi connectivity index (χ2n) is 7.68. The number of nitrogens with zero attached hydrogens (tertiary/aromatic N) is 4. The summed E-state index contributed by atoms with van der Waals surface area (Å²) < 4.78 is 9.48. The fourth-order valence-corrected chi connectivity index (χ4v) is 4.24. The Bertz CT molecular complexity index is 1620. The lowest BCUT2D eigenvalue weighted by Gasteiger charge is -2.13. The van der Waals surface area contributed by atoms with Gasteiger partial charge in [0.05, 0.1) is 46.7 Å². The molecule has 0 unspecified atom stereocenters. The molecule has 162 valence electrons. The highest BCUT2D eigenvalue weighted by atomic mass is 35.5. The molecule has 0 aliphatic rings. The van der Waals surface area contributed by atoms with E-state index in [9.17, 15) is 5.26 Å². The van der Waals surface area contributed by atoms with Gasteiger partial charge in [0.15, 0.2) is 0 Å². The van der Waals surface area contributed by atoms with E-state index in [2.05, 4.69) is 17.1 Å². The number of aryl methyl sites for hydroxylation is 1. The molecule has 33 heavy (non-hydrogen) atoms. The average molecular weight is 454 g/mol. The molecule has 5 rings (SSSR count). The third-order valence-electron chi connectivity index (χ3n) is 5.74. The molecule has 0 saturated heterocycles. The van der Waals surface area contributed by atoms with Gasteiger partial charge in [0, 0.05) is 17.5 Å². The highest BCUT2D eigenvalue weighted by Crippen LogP contribution is 2.32. The van der Waals surface area contributed by atoms with Gasteiger partial charge in [-0.3, -0.25) is 15.0 Å². The van der Waals surface area contributed by atoms with E-state index >= 15 is 0 Å². The lowest BCUT2D eigenvalue weighted by Crippen LogP contribution is -2.21. The third kappa shape index (κ3) is 3.43. The van der Waals surface area contributed by atoms with Gasteiger partial charge in [0.25, 0.3) is 0 Å². The van der Waals surface area contributed by atoms with Crippen LogP contribution in [0.25, 0.3) is 38.8 Å². The van der Waals surface area contributed by atoms with Crippen molar-refractivity contribution in [3.8, 4) is 28.6 Å². The van der Waals surface area contributed by atoms with Gasteiger partial charge in [-0.25, -0.2) is 0 Å². The number of halogens is 1. The Morgan fingerprint density at radius 2 is 1.82 bits per heavy atom. The molecule has 0 fully saturated rings. The predicted octanol–water partition coefficient (Wildman–Crippen LogP) is 5.59. The Morgan fingerprint density at radius 3 is 2.55 bits per heavy atom. The maximum absolute atomic E-state index is 9.50. The molecule has 2 heterocycles. The second kappa shape index (κ2) is 8.12. The molecule has 7 heteroatoms. The van der Waals surface area contributed by atoms with E-state index in [4.69, 9.17) is 21.7 Å². The van der Waals surface area contributed by atoms with Crippen LogP contribution >= 0.6 is 11.6 Å². The van der Waals surface area contributed by atoms with Crippen LogP contribution in [0.1, 0.15) is 12.5 Å². The van der Waals surface area contributed by atoms with Crippen molar-refractivity contribution in [2.45, 2.75) is 6.92 Å². The number of ether oxygens (including phenoxy) is 1. The number of benzene rings is 3. The Hall–Kier alpha value is -4.08. The molecule has 0 amide bonds. The van der Waals surface area contributed by atoms with E-state index in [-0.39, 0.29) is 5.62 Å². The summed E-state index contributed by atoms with van der Waals surface area (Å²) >= 11 is 6.07. The van der Waals surface area contributed by atoms with Gasteiger partial charge < -0.3 is 9.30 Å². The van der Waals surface area contributed by atoms with Gasteiger partial charge >= 0.3 is 0 Å². The van der Waals surface area contributed by atoms with Crippen molar-refractivity contribution in [2.24, 2.45) is 7.05 Å². The minimum Gasteiger partial charge on any atom is -0.492 e. The first kappa shape index (κ1) is 20.8. The second-order valence-corrected chi connectivity index (χ2v) is 8.11. The molecule has 0 radical (unpaired) electrons. The number of nitrogens with one attached hydrogen (secondary N) is 1. The number of aromatic nitrogens is 3. The number of hydrogen-bond acceptors (Lipinski definition) is 4. The Labute approximate surface area is 195 Å². The lowest BCUT2D eigenvalue weighted by molar-refractivity contribution is 0.339. The molecule has 0 aliphatic heterocycles. The summed E-state index contributed by atoms with van der Waals surface area (Å²) in [6.07, 6.45) is 1.78. The summed E-state index contributed by atoms with van der Waals surface area (Å²) in [5.41, 5.74) is 5.92. The summed E-state index contributed by atoms with van der Waals surface area (Å²) in [4.78, 5) is 4.64. The third-order valence-corrected chi connectivity index (χ3v) is 5.99. The number of nitriles is 1. The first-order chi connectivity index (χ1) is 16.0. The quantitative estimate of drug-likeness (QED) is 0.385. The summed E-state index contributed by atoms with van der Waals surface area (Å²) in [5.74, 6) is 0.612. The van der Waals surface area contributed by atoms with E-state index < -0.39 is 0 Å². The van der Waals surface area contributed by atoms with Crippen LogP contribution in [-0.2, 0) is 7.05 Å². The number of imidazole rings is 1. The molecule has 1 N–H and O–H groups in total. The van der Waals surface area contributed by atoms with Crippen LogP contribution in [0.5, 0.6) is 5.75 Å². The number of fused-ring (bicyclic) bond motifs is 3. The molecule has 0 aliphatic carbocycles. The van der Waals surface area contributed by atoms with E-state index in [1.165, 1.54) is 0 Å². The van der Waals surface area contributed by atoms with Gasteiger partial charge in [-0.15, -0.1) is 0 Å². The van der Waals surface area contributed by atoms with Crippen molar-refractivity contribution in [3.05, 3.63) is 83.1 Å². The zero-order valence-corrected chi connectivity index (χ0v) is 18.9. The predicted molar refractivity (Wildman–Crippen MR) is 130 cm³/mol. The van der Waals surface area contributed by atoms with E-state index in [1.807, 2.05) is 54.9 Å². The molecule has 2 aromatic heterocycles. The van der Waals surface area contributed by atoms with Crippen LogP contribution in [0.15, 0.2) is 66.9 Å². The number of hydrogen-bond donors (Lipinski definition) is 1. The highest BCUT2D eigenvalue weighted by molar-refractivity contribution is 6.30. The molecule has 0 bridgehead atoms. The standard InChI is InChI=1S/C26H20ClN5O/c1-3-33-24-11-4-16(14-28)12-22(24)32-25-20-13-18(17-5-8-19(27)9-6-17)7-10-21(20)30-15-23(25)31(2)26(32)29/h4-13,15,29H,3H2,1-2H3. The maximum atomic E-state index is 9.50. The molecule has 0 saturated carbocycles. The van der Waals surface area contributed by atoms with Crippen molar-refractivity contribution >= 4 is 33.5 Å². The molecule has 0 atom stereocenters. The molecular formula is C26H20ClN5O. The van der Waals surface area contributed by atoms with Crippen molar-refractivity contribution in [3.63, 3.8) is 0 Å². The Morgan fingerprint density at radius 1 is 1.06 bits per heavy atom. The van der Waals surface area contributed by atoms with Crippen molar-refractivity contribution in [1.29, 1.82) is 10.7 Å². The SMILES string of the molecule is CCOc1ccc(C#N)cc1-n1c(=N)n(C)c2cnc3ccc(-c4ccc(Cl)cc4)cc3c21. The van der Waals surface area contributed by atoms with Gasteiger partial charge in [-0.1, -0.05) is 29.8 Å². The van der Waals surface area contributed by atoms with Crippen LogP contribution in [0, 0.1) is 16.7 Å². The first-order valence-electron chi connectivity index (χ1n) is 10.5. The van der Waals surface area contributed by atoms with Gasteiger partial charge in [0.1, 0.15) is 5.75 Å². The normalized spacial score (nSPS) is 11.1. The molecule has 6 nitrogen and oxygen atoms in total. The zero-order chi connectivity index (χ0) is 23.1. The average Bonchev–Trinajstić information content (AvgIpc) is 3.10. The zero-order valence-electron chi connectivity index (χ0n) is 18.1. The Balaban J connectivity index is 1.88. The van der Waals surface area contributed by atoms with E-state index in [0.29, 0.717) is 28.6 Å². The van der Waals surface area contributed by atoms with Crippen LogP contribution in [0.3, 0.4) is 0 Å². The summed E-state index contributed by atoms with van der Waals surface area (Å²) in [6.45, 7) is 2.38. The van der Waals surface area contributed by atoms with E-state index in [0.717, 1.165) is 33.1 Å². The minimum atomic E-state index is 0.257. The summed E-state index contributed by atoms with van der Waals surface area (Å²) in [5, 5.41) is 20.0. The maximum Gasteiger partial charge on any atom is 0.207 e. The van der Waals surface area contributed by atoms with Crippen molar-refractivity contribution < 1.29 is 4.74 Å². The van der Waals surface area contributed by atoms with Crippen LogP contribution in [0.2, 0.25) is 5.02 Å². The fourth-order valence-electron chi connectivity index (χ4n) is 4.11. The number of pyridine rings is 1. The summed E-state index contributed by atoms with van der Waals surface area (Å²) in [7, 11) is 1.84. The van der Waals surface area contributed by atoms with Crippen LogP contribution < -0.4 is 10.4 Å². The topological polar surface area (TPSA) is 79.6 Å². The highest BCUT2D eigenvalue weighted by Gasteiger charge is 2.18. The largest absolute Gasteiger partial charge is 0.492 e. The van der Waals surface area contributed by atoms with Gasteiger partial charge in [-0.05, 0) is 60.5 Å². The minimum absolute atomic E-state index is 0.257. The molecule has 0 spiro atoms. The molecular weight excluding hydrogens is 434 g/mol. The monoisotopic (exact) mass is 453 g/mol. The fraction of sp³-hybridized carbons (Fsp3) is 0.115. The summed E-state index contributed by atoms with van der Waals surface area (Å²) in [6, 6.07) is 21.3. The van der Waals surface area contributed by atoms with Crippen LogP contribution in [0.4, 0.5) is 0 Å². The van der Waals surface area contributed by atoms with Gasteiger partial charge in [-0.2, -0.15) is 5.26 Å². The molecule has 5 aromatic rings. The van der Waals surface area contributed by atoms with Gasteiger partial charge in [0.2, 0.25) is 5.62 Å². The van der Waals surface area contributed by atoms with Crippen molar-refractivity contribution in [2.75, 3.05) is 6.61 Å². The van der Waals surface area contributed by atoms with E-state index in [1.54, 1.807) is 29.0 Å². The lowest BCUT2D eigenvalue weighted by atomic mass is 10.0. The van der Waals surface area contributed by atoms with Crippen LogP contribution in [-0.4, -0.2) is 20.7 Å². The number of rotatable bonds is 4. The Kier molecular flexibility index (Phi) is 5.12. The van der Waals surface area contributed by atoms with Crippen molar-refractivity contribution in [1.82, 2.24) is 14.1 Å². The smallest absolute Gasteiger partial charge is 0.207 e. The molecule has 3 aromatic carbocycles.